The lowest BCUT2D eigenvalue weighted by Crippen LogP contribution is -2.25. The third-order valence-corrected chi connectivity index (χ3v) is 4.97. The number of nitrogens with one attached hydrogen (secondary N) is 1. The number of carbonyl (C=O) groups is 2. The molecule has 0 atom stereocenters. The minimum atomic E-state index is -0.604. The number of carbonyl (C=O) groups excluding carboxylic acids is 2. The first-order valence-corrected chi connectivity index (χ1v) is 10.2. The number of aryl methyl sites for hydroxylation is 1. The number of hydrogen-bond donors (Lipinski definition) is 1. The molecular weight excluding hydrogens is 442 g/mol. The fraction of sp³-hybridized carbons (Fsp3) is 0.217. The highest BCUT2D eigenvalue weighted by molar-refractivity contribution is 6.03. The van der Waals surface area contributed by atoms with Gasteiger partial charge in [-0.15, -0.1) is 0 Å². The Bertz CT molecular complexity index is 1280. The molecule has 11 heteroatoms. The minimum absolute atomic E-state index is 0.127. The molecule has 0 spiro atoms. The number of benzene rings is 2. The van der Waals surface area contributed by atoms with Crippen molar-refractivity contribution >= 4 is 23.3 Å². The molecule has 3 aromatic rings. The van der Waals surface area contributed by atoms with Gasteiger partial charge in [-0.25, -0.2) is 10.2 Å². The van der Waals surface area contributed by atoms with Crippen LogP contribution in [0.15, 0.2) is 53.6 Å². The molecule has 0 aliphatic carbocycles. The van der Waals surface area contributed by atoms with Gasteiger partial charge in [-0.3, -0.25) is 19.6 Å². The summed E-state index contributed by atoms with van der Waals surface area (Å²) in [6, 6.07) is 13.4. The van der Waals surface area contributed by atoms with Gasteiger partial charge in [0.2, 0.25) is 0 Å². The summed E-state index contributed by atoms with van der Waals surface area (Å²) in [7, 11) is 1.46. The van der Waals surface area contributed by atoms with Crippen molar-refractivity contribution in [1.29, 1.82) is 0 Å². The van der Waals surface area contributed by atoms with E-state index in [0.29, 0.717) is 17.0 Å². The number of nitro groups is 1. The average Bonchev–Trinajstić information content (AvgIpc) is 3.10. The van der Waals surface area contributed by atoms with E-state index in [-0.39, 0.29) is 34.9 Å². The fourth-order valence-corrected chi connectivity index (χ4v) is 3.31. The molecule has 0 fully saturated rings. The molecule has 0 aliphatic rings. The molecule has 34 heavy (non-hydrogen) atoms. The van der Waals surface area contributed by atoms with Crippen molar-refractivity contribution in [3.05, 3.63) is 81.2 Å². The van der Waals surface area contributed by atoms with Crippen LogP contribution in [0.2, 0.25) is 0 Å². The Kier molecular flexibility index (Phi) is 7.36. The first-order chi connectivity index (χ1) is 16.2. The second kappa shape index (κ2) is 10.4. The molecule has 3 rings (SSSR count). The van der Waals surface area contributed by atoms with E-state index in [9.17, 15) is 19.7 Å². The van der Waals surface area contributed by atoms with Crippen molar-refractivity contribution in [3.8, 4) is 11.5 Å². The van der Waals surface area contributed by atoms with Crippen molar-refractivity contribution in [2.45, 2.75) is 27.3 Å². The summed E-state index contributed by atoms with van der Waals surface area (Å²) >= 11 is 0. The van der Waals surface area contributed by atoms with Crippen LogP contribution in [0.5, 0.6) is 11.5 Å². The maximum Gasteiger partial charge on any atom is 0.347 e. The normalized spacial score (nSPS) is 11.1. The third kappa shape index (κ3) is 5.26. The minimum Gasteiger partial charge on any atom is -0.496 e. The van der Waals surface area contributed by atoms with Crippen molar-refractivity contribution in [2.24, 2.45) is 5.10 Å². The molecule has 0 saturated carbocycles. The van der Waals surface area contributed by atoms with Gasteiger partial charge in [0.05, 0.1) is 17.7 Å². The standard InChI is InChI=1S/C23H23N5O6/c1-14(24-25-21(29)13-27-16(3)22(28(31)32)15(2)26-27)17-9-5-8-12-20(17)34-23(30)18-10-6-7-11-19(18)33-4/h5-12H,13H2,1-4H3,(H,25,29)/b24-14+. The van der Waals surface area contributed by atoms with Gasteiger partial charge in [0.25, 0.3) is 5.91 Å². The Balaban J connectivity index is 1.74. The van der Waals surface area contributed by atoms with Gasteiger partial charge in [0.15, 0.2) is 0 Å². The predicted molar refractivity (Wildman–Crippen MR) is 123 cm³/mol. The number of aromatic nitrogens is 2. The van der Waals surface area contributed by atoms with Gasteiger partial charge in [0, 0.05) is 5.56 Å². The summed E-state index contributed by atoms with van der Waals surface area (Å²) in [5.74, 6) is -0.494. The van der Waals surface area contributed by atoms with Crippen LogP contribution in [0.4, 0.5) is 5.69 Å². The van der Waals surface area contributed by atoms with E-state index < -0.39 is 16.8 Å². The van der Waals surface area contributed by atoms with E-state index >= 15 is 0 Å². The Labute approximate surface area is 195 Å². The molecule has 1 heterocycles. The molecule has 0 radical (unpaired) electrons. The molecule has 1 aromatic heterocycles. The molecule has 2 aromatic carbocycles. The number of methoxy groups -OCH3 is 1. The van der Waals surface area contributed by atoms with Crippen LogP contribution in [0.1, 0.15) is 34.2 Å². The van der Waals surface area contributed by atoms with Gasteiger partial charge in [0.1, 0.15) is 35.0 Å². The number of nitrogens with zero attached hydrogens (tertiary/aromatic N) is 4. The quantitative estimate of drug-likeness (QED) is 0.177. The summed E-state index contributed by atoms with van der Waals surface area (Å²) in [6.07, 6.45) is 0. The topological polar surface area (TPSA) is 138 Å². The zero-order chi connectivity index (χ0) is 24.8. The molecule has 1 N–H and O–H groups in total. The van der Waals surface area contributed by atoms with E-state index in [1.54, 1.807) is 55.5 Å². The lowest BCUT2D eigenvalue weighted by atomic mass is 10.1. The molecule has 0 aliphatic heterocycles. The molecule has 176 valence electrons. The monoisotopic (exact) mass is 465 g/mol. The summed E-state index contributed by atoms with van der Waals surface area (Å²) < 4.78 is 12.0. The van der Waals surface area contributed by atoms with E-state index in [1.165, 1.54) is 25.6 Å². The maximum absolute atomic E-state index is 12.7. The van der Waals surface area contributed by atoms with Crippen molar-refractivity contribution in [2.75, 3.05) is 7.11 Å². The van der Waals surface area contributed by atoms with E-state index in [4.69, 9.17) is 9.47 Å². The van der Waals surface area contributed by atoms with Gasteiger partial charge < -0.3 is 9.47 Å². The number of ether oxygens (including phenoxy) is 2. The number of esters is 1. The van der Waals surface area contributed by atoms with Crippen molar-refractivity contribution in [3.63, 3.8) is 0 Å². The van der Waals surface area contributed by atoms with Crippen LogP contribution in [0, 0.1) is 24.0 Å². The number of rotatable bonds is 8. The molecule has 0 saturated heterocycles. The summed E-state index contributed by atoms with van der Waals surface area (Å²) in [4.78, 5) is 35.6. The molecule has 11 nitrogen and oxygen atoms in total. The van der Waals surface area contributed by atoms with Crippen molar-refractivity contribution < 1.29 is 24.0 Å². The maximum atomic E-state index is 12.7. The van der Waals surface area contributed by atoms with Crippen molar-refractivity contribution in [1.82, 2.24) is 15.2 Å². The van der Waals surface area contributed by atoms with E-state index in [1.807, 2.05) is 0 Å². The SMILES string of the molecule is COc1ccccc1C(=O)Oc1ccccc1/C(C)=N/NC(=O)Cn1nc(C)c([N+](=O)[O-])c1C. The number of hydrogen-bond acceptors (Lipinski definition) is 8. The number of para-hydroxylation sites is 2. The second-order valence-electron chi connectivity index (χ2n) is 7.25. The van der Waals surface area contributed by atoms with Crippen LogP contribution in [-0.4, -0.2) is 39.4 Å². The molecular formula is C23H23N5O6. The zero-order valence-electron chi connectivity index (χ0n) is 19.1. The Morgan fingerprint density at radius 1 is 1.09 bits per heavy atom. The largest absolute Gasteiger partial charge is 0.496 e. The van der Waals surface area contributed by atoms with Gasteiger partial charge >= 0.3 is 11.7 Å². The van der Waals surface area contributed by atoms with E-state index in [2.05, 4.69) is 15.6 Å². The first-order valence-electron chi connectivity index (χ1n) is 10.2. The van der Waals surface area contributed by atoms with Crippen LogP contribution in [-0.2, 0) is 11.3 Å². The highest BCUT2D eigenvalue weighted by atomic mass is 16.6. The second-order valence-corrected chi connectivity index (χ2v) is 7.25. The molecule has 0 unspecified atom stereocenters. The third-order valence-electron chi connectivity index (χ3n) is 4.97. The summed E-state index contributed by atoms with van der Waals surface area (Å²) in [6.45, 7) is 4.42. The van der Waals surface area contributed by atoms with Gasteiger partial charge in [-0.2, -0.15) is 10.2 Å². The number of amides is 1. The van der Waals surface area contributed by atoms with Crippen LogP contribution < -0.4 is 14.9 Å². The lowest BCUT2D eigenvalue weighted by molar-refractivity contribution is -0.386. The fourth-order valence-electron chi connectivity index (χ4n) is 3.31. The van der Waals surface area contributed by atoms with Crippen LogP contribution in [0.3, 0.4) is 0 Å². The Hall–Kier alpha value is -4.54. The smallest absolute Gasteiger partial charge is 0.347 e. The number of hydrazone groups is 1. The zero-order valence-corrected chi connectivity index (χ0v) is 19.1. The van der Waals surface area contributed by atoms with Crippen LogP contribution >= 0.6 is 0 Å². The van der Waals surface area contributed by atoms with E-state index in [0.717, 1.165) is 0 Å². The molecule has 1 amide bonds. The lowest BCUT2D eigenvalue weighted by Gasteiger charge is -2.12. The average molecular weight is 465 g/mol. The molecule has 0 bridgehead atoms. The summed E-state index contributed by atoms with van der Waals surface area (Å²) in [5, 5.41) is 19.3. The first kappa shape index (κ1) is 24.1. The Morgan fingerprint density at radius 2 is 1.71 bits per heavy atom. The van der Waals surface area contributed by atoms with Gasteiger partial charge in [-0.1, -0.05) is 24.3 Å². The van der Waals surface area contributed by atoms with Crippen LogP contribution in [0.25, 0.3) is 0 Å². The predicted octanol–water partition coefficient (Wildman–Crippen LogP) is 3.18. The van der Waals surface area contributed by atoms with Gasteiger partial charge in [-0.05, 0) is 45.0 Å². The summed E-state index contributed by atoms with van der Waals surface area (Å²) in [5.41, 5.74) is 3.91. The highest BCUT2D eigenvalue weighted by Gasteiger charge is 2.23. The highest BCUT2D eigenvalue weighted by Crippen LogP contribution is 2.24. The Morgan fingerprint density at radius 3 is 2.32 bits per heavy atom.